The van der Waals surface area contributed by atoms with E-state index in [4.69, 9.17) is 17.0 Å². The van der Waals surface area contributed by atoms with Crippen molar-refractivity contribution in [3.05, 3.63) is 52.4 Å². The number of rotatable bonds is 2. The first kappa shape index (κ1) is 12.6. The van der Waals surface area contributed by atoms with Gasteiger partial charge in [0, 0.05) is 12.6 Å². The van der Waals surface area contributed by atoms with Gasteiger partial charge in [-0.2, -0.15) is 0 Å². The maximum absolute atomic E-state index is 6.01. The molecule has 5 heteroatoms. The lowest BCUT2D eigenvalue weighted by molar-refractivity contribution is 0.210. The van der Waals surface area contributed by atoms with E-state index in [1.54, 1.807) is 0 Å². The Labute approximate surface area is 127 Å². The first-order valence-corrected chi connectivity index (χ1v) is 7.42. The molecule has 0 saturated carbocycles. The zero-order valence-corrected chi connectivity index (χ0v) is 12.5. The predicted octanol–water partition coefficient (Wildman–Crippen LogP) is 3.41. The summed E-state index contributed by atoms with van der Waals surface area (Å²) in [6.07, 6.45) is 2.84. The van der Waals surface area contributed by atoms with E-state index >= 15 is 0 Å². The number of nitrogens with zero attached hydrogens (tertiary/aromatic N) is 2. The van der Waals surface area contributed by atoms with E-state index in [1.807, 2.05) is 35.0 Å². The van der Waals surface area contributed by atoms with Gasteiger partial charge in [0.2, 0.25) is 0 Å². The Morgan fingerprint density at radius 3 is 3.10 bits per heavy atom. The van der Waals surface area contributed by atoms with Crippen molar-refractivity contribution in [2.45, 2.75) is 26.0 Å². The number of benzene rings is 1. The van der Waals surface area contributed by atoms with Crippen molar-refractivity contribution >= 4 is 23.4 Å². The summed E-state index contributed by atoms with van der Waals surface area (Å²) in [5, 5.41) is 0. The summed E-state index contributed by atoms with van der Waals surface area (Å²) in [6, 6.07) is 10.2. The van der Waals surface area contributed by atoms with Crippen LogP contribution in [0.25, 0.3) is 11.2 Å². The molecule has 4 rings (SSSR count). The fourth-order valence-electron chi connectivity index (χ4n) is 2.90. The van der Waals surface area contributed by atoms with Gasteiger partial charge >= 0.3 is 0 Å². The maximum Gasteiger partial charge on any atom is 0.179 e. The summed E-state index contributed by atoms with van der Waals surface area (Å²) in [5.41, 5.74) is 4.33. The van der Waals surface area contributed by atoms with Crippen molar-refractivity contribution < 1.29 is 4.74 Å². The number of pyridine rings is 1. The molecule has 3 heterocycles. The number of para-hydroxylation sites is 1. The number of hydrogen-bond acceptors (Lipinski definition) is 3. The van der Waals surface area contributed by atoms with Gasteiger partial charge in [0.1, 0.15) is 11.9 Å². The molecular weight excluding hydrogens is 282 g/mol. The Morgan fingerprint density at radius 1 is 1.38 bits per heavy atom. The highest BCUT2D eigenvalue weighted by molar-refractivity contribution is 7.71. The van der Waals surface area contributed by atoms with Crippen molar-refractivity contribution in [1.82, 2.24) is 14.5 Å². The van der Waals surface area contributed by atoms with Gasteiger partial charge in [-0.1, -0.05) is 18.2 Å². The zero-order valence-electron chi connectivity index (χ0n) is 11.7. The lowest BCUT2D eigenvalue weighted by Gasteiger charge is -2.12. The molecule has 0 saturated heterocycles. The molecular formula is C16H15N3OS. The smallest absolute Gasteiger partial charge is 0.179 e. The number of ether oxygens (including phenoxy) is 1. The van der Waals surface area contributed by atoms with Gasteiger partial charge in [-0.05, 0) is 42.4 Å². The fraction of sp³-hybridized carbons (Fsp3) is 0.250. The first-order chi connectivity index (χ1) is 10.2. The Bertz CT molecular complexity index is 856. The average Bonchev–Trinajstić information content (AvgIpc) is 3.02. The van der Waals surface area contributed by atoms with Gasteiger partial charge in [0.05, 0.1) is 12.1 Å². The number of imidazole rings is 1. The van der Waals surface area contributed by atoms with E-state index in [-0.39, 0.29) is 6.10 Å². The highest BCUT2D eigenvalue weighted by atomic mass is 32.1. The molecule has 0 bridgehead atoms. The van der Waals surface area contributed by atoms with Crippen LogP contribution in [0.2, 0.25) is 0 Å². The standard InChI is InChI=1S/C16H15N3OS/c1-10-6-7-17-15-14(10)18-16(21)19(15)9-12-8-11-4-2-3-5-13(11)20-12/h2-7,12H,8-9H2,1H3,(H,18,21). The molecule has 0 radical (unpaired) electrons. The number of fused-ring (bicyclic) bond motifs is 2. The summed E-state index contributed by atoms with van der Waals surface area (Å²) in [4.78, 5) is 7.71. The number of hydrogen-bond donors (Lipinski definition) is 1. The molecule has 0 aliphatic carbocycles. The lowest BCUT2D eigenvalue weighted by atomic mass is 10.1. The third-order valence-electron chi connectivity index (χ3n) is 3.97. The van der Waals surface area contributed by atoms with E-state index < -0.39 is 0 Å². The number of H-pyrrole nitrogens is 1. The summed E-state index contributed by atoms with van der Waals surface area (Å²) in [7, 11) is 0. The molecule has 1 unspecified atom stereocenters. The van der Waals surface area contributed by atoms with Crippen LogP contribution in [-0.2, 0) is 13.0 Å². The number of aromatic amines is 1. The Kier molecular flexibility index (Phi) is 2.82. The quantitative estimate of drug-likeness (QED) is 0.737. The van der Waals surface area contributed by atoms with Gasteiger partial charge in [-0.15, -0.1) is 0 Å². The van der Waals surface area contributed by atoms with Gasteiger partial charge in [0.15, 0.2) is 10.4 Å². The molecule has 106 valence electrons. The monoisotopic (exact) mass is 297 g/mol. The second-order valence-electron chi connectivity index (χ2n) is 5.42. The van der Waals surface area contributed by atoms with Crippen LogP contribution in [0.3, 0.4) is 0 Å². The second-order valence-corrected chi connectivity index (χ2v) is 5.81. The SMILES string of the molecule is Cc1ccnc2c1[nH]c(=S)n2CC1Cc2ccccc2O1. The minimum atomic E-state index is 0.107. The van der Waals surface area contributed by atoms with Crippen LogP contribution in [0, 0.1) is 11.7 Å². The molecule has 0 amide bonds. The Morgan fingerprint density at radius 2 is 2.24 bits per heavy atom. The molecule has 1 aromatic carbocycles. The van der Waals surface area contributed by atoms with Crippen molar-refractivity contribution in [3.63, 3.8) is 0 Å². The minimum absolute atomic E-state index is 0.107. The van der Waals surface area contributed by atoms with Gasteiger partial charge in [-0.3, -0.25) is 4.57 Å². The molecule has 4 nitrogen and oxygen atoms in total. The summed E-state index contributed by atoms with van der Waals surface area (Å²) >= 11 is 5.45. The first-order valence-electron chi connectivity index (χ1n) is 7.01. The van der Waals surface area contributed by atoms with E-state index in [0.29, 0.717) is 11.3 Å². The van der Waals surface area contributed by atoms with Crippen molar-refractivity contribution in [2.24, 2.45) is 0 Å². The number of nitrogens with one attached hydrogen (secondary N) is 1. The number of aryl methyl sites for hydroxylation is 1. The van der Waals surface area contributed by atoms with E-state index in [9.17, 15) is 0 Å². The Hall–Kier alpha value is -2.14. The van der Waals surface area contributed by atoms with Crippen molar-refractivity contribution in [3.8, 4) is 5.75 Å². The fourth-order valence-corrected chi connectivity index (χ4v) is 3.17. The zero-order chi connectivity index (χ0) is 14.4. The maximum atomic E-state index is 6.01. The van der Waals surface area contributed by atoms with Crippen LogP contribution in [0.15, 0.2) is 36.5 Å². The highest BCUT2D eigenvalue weighted by Crippen LogP contribution is 2.29. The third kappa shape index (κ3) is 2.05. The molecule has 0 spiro atoms. The predicted molar refractivity (Wildman–Crippen MR) is 84.2 cm³/mol. The van der Waals surface area contributed by atoms with Gasteiger partial charge in [0.25, 0.3) is 0 Å². The topological polar surface area (TPSA) is 42.8 Å². The molecule has 1 atom stereocenters. The average molecular weight is 297 g/mol. The van der Waals surface area contributed by atoms with Crippen LogP contribution in [0.5, 0.6) is 5.75 Å². The van der Waals surface area contributed by atoms with Crippen LogP contribution in [0.1, 0.15) is 11.1 Å². The Balaban J connectivity index is 1.69. The summed E-state index contributed by atoms with van der Waals surface area (Å²) in [5.74, 6) is 0.984. The molecule has 2 aromatic heterocycles. The lowest BCUT2D eigenvalue weighted by Crippen LogP contribution is -2.21. The normalized spacial score (nSPS) is 16.9. The third-order valence-corrected chi connectivity index (χ3v) is 4.29. The number of aromatic nitrogens is 3. The summed E-state index contributed by atoms with van der Waals surface area (Å²) in [6.45, 7) is 2.77. The van der Waals surface area contributed by atoms with E-state index in [2.05, 4.69) is 23.0 Å². The van der Waals surface area contributed by atoms with Crippen LogP contribution < -0.4 is 4.74 Å². The van der Waals surface area contributed by atoms with Crippen LogP contribution >= 0.6 is 12.2 Å². The van der Waals surface area contributed by atoms with E-state index in [0.717, 1.165) is 28.9 Å². The van der Waals surface area contributed by atoms with E-state index in [1.165, 1.54) is 5.56 Å². The molecule has 1 N–H and O–H groups in total. The van der Waals surface area contributed by atoms with Crippen molar-refractivity contribution in [1.29, 1.82) is 0 Å². The largest absolute Gasteiger partial charge is 0.488 e. The van der Waals surface area contributed by atoms with Crippen LogP contribution in [-0.4, -0.2) is 20.6 Å². The van der Waals surface area contributed by atoms with Crippen LogP contribution in [0.4, 0.5) is 0 Å². The summed E-state index contributed by atoms with van der Waals surface area (Å²) < 4.78 is 8.74. The van der Waals surface area contributed by atoms with Gasteiger partial charge < -0.3 is 9.72 Å². The molecule has 1 aliphatic heterocycles. The molecule has 1 aliphatic rings. The second kappa shape index (κ2) is 4.70. The molecule has 21 heavy (non-hydrogen) atoms. The van der Waals surface area contributed by atoms with Gasteiger partial charge in [-0.25, -0.2) is 4.98 Å². The minimum Gasteiger partial charge on any atom is -0.488 e. The highest BCUT2D eigenvalue weighted by Gasteiger charge is 2.23. The van der Waals surface area contributed by atoms with Crippen molar-refractivity contribution in [2.75, 3.05) is 0 Å². The molecule has 3 aromatic rings. The molecule has 0 fully saturated rings.